The van der Waals surface area contributed by atoms with Crippen LogP contribution in [0.4, 0.5) is 4.79 Å². The molecule has 0 radical (unpaired) electrons. The minimum Gasteiger partial charge on any atom is -0.477 e. The van der Waals surface area contributed by atoms with E-state index in [9.17, 15) is 14.4 Å². The van der Waals surface area contributed by atoms with Crippen LogP contribution < -0.4 is 0 Å². The molecule has 0 atom stereocenters. The van der Waals surface area contributed by atoms with E-state index in [0.717, 1.165) is 9.80 Å². The fourth-order valence-electron chi connectivity index (χ4n) is 2.74. The Kier molecular flexibility index (Phi) is 5.55. The summed E-state index contributed by atoms with van der Waals surface area (Å²) in [4.78, 5) is 41.9. The molecule has 7 nitrogen and oxygen atoms in total. The Morgan fingerprint density at radius 2 is 1.52 bits per heavy atom. The smallest absolute Gasteiger partial charge is 0.333 e. The van der Waals surface area contributed by atoms with Gasteiger partial charge in [-0.2, -0.15) is 0 Å². The molecule has 7 heteroatoms. The number of amides is 4. The van der Waals surface area contributed by atoms with Crippen LogP contribution in [0.2, 0.25) is 0 Å². The lowest BCUT2D eigenvalue weighted by atomic mass is 10.1. The number of nitrogens with zero attached hydrogens (tertiary/aromatic N) is 3. The van der Waals surface area contributed by atoms with E-state index < -0.39 is 17.8 Å². The normalized spacial score (nSPS) is 22.1. The highest BCUT2D eigenvalue weighted by atomic mass is 16.5. The molecule has 2 heterocycles. The van der Waals surface area contributed by atoms with Crippen molar-refractivity contribution in [2.75, 3.05) is 26.7 Å². The summed E-state index contributed by atoms with van der Waals surface area (Å²) in [7, 11) is 1.90. The maximum absolute atomic E-state index is 12.6. The van der Waals surface area contributed by atoms with Gasteiger partial charge in [0, 0.05) is 20.1 Å². The Labute approximate surface area is 148 Å². The van der Waals surface area contributed by atoms with Crippen molar-refractivity contribution in [3.8, 4) is 0 Å². The van der Waals surface area contributed by atoms with Gasteiger partial charge < -0.3 is 9.64 Å². The topological polar surface area (TPSA) is 70.2 Å². The summed E-state index contributed by atoms with van der Waals surface area (Å²) in [5, 5.41) is 0. The first-order valence-corrected chi connectivity index (χ1v) is 8.70. The third-order valence-electron chi connectivity index (χ3n) is 4.51. The molecule has 138 valence electrons. The van der Waals surface area contributed by atoms with Gasteiger partial charge in [-0.15, -0.1) is 0 Å². The molecule has 2 aliphatic rings. The third kappa shape index (κ3) is 3.55. The summed E-state index contributed by atoms with van der Waals surface area (Å²) in [5.74, 6) is -0.485. The second kappa shape index (κ2) is 7.29. The van der Waals surface area contributed by atoms with Crippen molar-refractivity contribution >= 4 is 17.8 Å². The van der Waals surface area contributed by atoms with Crippen molar-refractivity contribution < 1.29 is 19.1 Å². The lowest BCUT2D eigenvalue weighted by Gasteiger charge is -2.33. The lowest BCUT2D eigenvalue weighted by molar-refractivity contribution is -0.135. The van der Waals surface area contributed by atoms with Crippen LogP contribution in [-0.2, 0) is 14.3 Å². The predicted molar refractivity (Wildman–Crippen MR) is 93.4 cm³/mol. The molecule has 4 amide bonds. The Bertz CT molecular complexity index is 606. The van der Waals surface area contributed by atoms with Gasteiger partial charge >= 0.3 is 6.03 Å². The number of carbonyl (C=O) groups is 3. The summed E-state index contributed by atoms with van der Waals surface area (Å²) in [6.45, 7) is 8.98. The van der Waals surface area contributed by atoms with E-state index in [-0.39, 0.29) is 11.1 Å². The number of barbiturate groups is 1. The SMILES string of the molecule is CCCN1C(=O)C(=C/C=C2/OCC(C)(C)N2C)C(=O)N(CCC)C1=O. The molecule has 2 aliphatic heterocycles. The standard InChI is InChI=1S/C18H27N3O4/c1-6-10-20-15(22)13(16(23)21(11-7-2)17(20)24)8-9-14-19(5)18(3,4)12-25-14/h8-9H,6-7,10-12H2,1-5H3/b14-9+. The second-order valence-electron chi connectivity index (χ2n) is 6.94. The van der Waals surface area contributed by atoms with Crippen molar-refractivity contribution in [1.82, 2.24) is 14.7 Å². The number of allylic oxidation sites excluding steroid dienone is 2. The molecule has 2 saturated heterocycles. The number of ether oxygens (including phenoxy) is 1. The highest BCUT2D eigenvalue weighted by Gasteiger charge is 2.41. The van der Waals surface area contributed by atoms with Crippen LogP contribution in [0, 0.1) is 0 Å². The van der Waals surface area contributed by atoms with Gasteiger partial charge in [-0.1, -0.05) is 13.8 Å². The highest BCUT2D eigenvalue weighted by Crippen LogP contribution is 2.27. The molecular weight excluding hydrogens is 322 g/mol. The van der Waals surface area contributed by atoms with Gasteiger partial charge in [0.05, 0.1) is 5.54 Å². The Morgan fingerprint density at radius 3 is 1.92 bits per heavy atom. The molecule has 25 heavy (non-hydrogen) atoms. The molecule has 0 aromatic rings. The Hall–Kier alpha value is -2.31. The summed E-state index contributed by atoms with van der Waals surface area (Å²) >= 11 is 0. The van der Waals surface area contributed by atoms with E-state index in [2.05, 4.69) is 0 Å². The van der Waals surface area contributed by atoms with Crippen molar-refractivity contribution in [2.45, 2.75) is 46.1 Å². The molecule has 0 aliphatic carbocycles. The first kappa shape index (κ1) is 19.0. The van der Waals surface area contributed by atoms with Crippen molar-refractivity contribution in [2.24, 2.45) is 0 Å². The van der Waals surface area contributed by atoms with Gasteiger partial charge in [0.1, 0.15) is 12.2 Å². The van der Waals surface area contributed by atoms with Crippen molar-refractivity contribution in [3.63, 3.8) is 0 Å². The summed E-state index contributed by atoms with van der Waals surface area (Å²) in [5.41, 5.74) is -0.153. The Balaban J connectivity index is 2.35. The largest absolute Gasteiger partial charge is 0.477 e. The van der Waals surface area contributed by atoms with Gasteiger partial charge in [-0.25, -0.2) is 4.79 Å². The van der Waals surface area contributed by atoms with E-state index in [4.69, 9.17) is 4.74 Å². The van der Waals surface area contributed by atoms with E-state index in [1.54, 1.807) is 6.08 Å². The molecule has 0 aromatic heterocycles. The number of carbonyl (C=O) groups excluding carboxylic acids is 3. The van der Waals surface area contributed by atoms with Gasteiger partial charge in [0.15, 0.2) is 5.88 Å². The van der Waals surface area contributed by atoms with Crippen LogP contribution in [-0.4, -0.2) is 64.8 Å². The molecule has 2 fully saturated rings. The quantitative estimate of drug-likeness (QED) is 0.562. The number of urea groups is 1. The minimum absolute atomic E-state index is 0.00398. The molecule has 0 saturated carbocycles. The highest BCUT2D eigenvalue weighted by molar-refractivity contribution is 6.28. The van der Waals surface area contributed by atoms with E-state index in [1.165, 1.54) is 6.08 Å². The number of hydrogen-bond donors (Lipinski definition) is 0. The van der Waals surface area contributed by atoms with Crippen LogP contribution in [0.1, 0.15) is 40.5 Å². The second-order valence-corrected chi connectivity index (χ2v) is 6.94. The van der Waals surface area contributed by atoms with Crippen molar-refractivity contribution in [1.29, 1.82) is 0 Å². The first-order chi connectivity index (χ1) is 11.7. The average Bonchev–Trinajstić information content (AvgIpc) is 2.82. The van der Waals surface area contributed by atoms with Gasteiger partial charge in [-0.05, 0) is 38.8 Å². The zero-order valence-electron chi connectivity index (χ0n) is 15.7. The zero-order valence-corrected chi connectivity index (χ0v) is 15.7. The number of imide groups is 2. The van der Waals surface area contributed by atoms with Crippen LogP contribution in [0.3, 0.4) is 0 Å². The summed E-state index contributed by atoms with van der Waals surface area (Å²) in [6, 6.07) is -0.529. The average molecular weight is 349 g/mol. The van der Waals surface area contributed by atoms with E-state index in [1.807, 2.05) is 39.6 Å². The van der Waals surface area contributed by atoms with Crippen LogP contribution >= 0.6 is 0 Å². The molecule has 2 rings (SSSR count). The molecule has 0 aromatic carbocycles. The lowest BCUT2D eigenvalue weighted by Crippen LogP contribution is -2.56. The van der Waals surface area contributed by atoms with E-state index >= 15 is 0 Å². The molecule has 0 bridgehead atoms. The summed E-state index contributed by atoms with van der Waals surface area (Å²) in [6.07, 6.45) is 4.37. The molecule has 0 N–H and O–H groups in total. The monoisotopic (exact) mass is 349 g/mol. The maximum atomic E-state index is 12.6. The fraction of sp³-hybridized carbons (Fsp3) is 0.611. The van der Waals surface area contributed by atoms with Gasteiger partial charge in [0.25, 0.3) is 11.8 Å². The molecular formula is C18H27N3O4. The predicted octanol–water partition coefficient (Wildman–Crippen LogP) is 2.11. The van der Waals surface area contributed by atoms with Gasteiger partial charge in [-0.3, -0.25) is 19.4 Å². The third-order valence-corrected chi connectivity index (χ3v) is 4.51. The fourth-order valence-corrected chi connectivity index (χ4v) is 2.74. The maximum Gasteiger partial charge on any atom is 0.333 e. The molecule has 0 spiro atoms. The van der Waals surface area contributed by atoms with Crippen molar-refractivity contribution in [3.05, 3.63) is 23.6 Å². The zero-order chi connectivity index (χ0) is 18.8. The summed E-state index contributed by atoms with van der Waals surface area (Å²) < 4.78 is 5.64. The molecule has 0 unspecified atom stereocenters. The minimum atomic E-state index is -0.541. The Morgan fingerprint density at radius 1 is 1.00 bits per heavy atom. The number of hydrogen-bond acceptors (Lipinski definition) is 5. The van der Waals surface area contributed by atoms with Gasteiger partial charge in [0.2, 0.25) is 0 Å². The first-order valence-electron chi connectivity index (χ1n) is 8.70. The van der Waals surface area contributed by atoms with E-state index in [0.29, 0.717) is 38.4 Å². The van der Waals surface area contributed by atoms with Crippen LogP contribution in [0.25, 0.3) is 0 Å². The van der Waals surface area contributed by atoms with Crippen LogP contribution in [0.5, 0.6) is 0 Å². The number of rotatable bonds is 5. The van der Waals surface area contributed by atoms with Crippen LogP contribution in [0.15, 0.2) is 23.6 Å². The number of likely N-dealkylation sites (N-methyl/N-ethyl adjacent to an activating group) is 1.